The second-order valence-electron chi connectivity index (χ2n) is 2.04. The smallest absolute Gasteiger partial charge is 0.0737 e. The summed E-state index contributed by atoms with van der Waals surface area (Å²) in [5.41, 5.74) is 0. The summed E-state index contributed by atoms with van der Waals surface area (Å²) in [5, 5.41) is 9.43. The van der Waals surface area contributed by atoms with Crippen molar-refractivity contribution < 1.29 is 5.11 Å². The van der Waals surface area contributed by atoms with Crippen molar-refractivity contribution in [3.63, 3.8) is 0 Å². The lowest BCUT2D eigenvalue weighted by molar-refractivity contribution is 0.225. The molecule has 0 amide bonds. The van der Waals surface area contributed by atoms with E-state index in [4.69, 9.17) is 0 Å². The van der Waals surface area contributed by atoms with Crippen LogP contribution in [0.1, 0.15) is 13.8 Å². The fraction of sp³-hybridized carbons (Fsp3) is 1.00. The molecule has 0 aliphatic heterocycles. The third-order valence-corrected chi connectivity index (χ3v) is 6.00. The maximum atomic E-state index is 9.43. The summed E-state index contributed by atoms with van der Waals surface area (Å²) < 4.78 is 0. The van der Waals surface area contributed by atoms with E-state index in [0.717, 1.165) is 23.0 Å². The van der Waals surface area contributed by atoms with Crippen LogP contribution in [0.2, 0.25) is 0 Å². The molecule has 12 heavy (non-hydrogen) atoms. The Morgan fingerprint density at radius 1 is 0.917 bits per heavy atom. The Hall–Kier alpha value is 1.36. The van der Waals surface area contributed by atoms with Gasteiger partial charge in [-0.05, 0) is 0 Å². The van der Waals surface area contributed by atoms with Crippen LogP contribution >= 0.6 is 43.2 Å². The topological polar surface area (TPSA) is 20.2 Å². The molecule has 0 fully saturated rings. The molecule has 74 valence electrons. The maximum absolute atomic E-state index is 9.43. The Balaban J connectivity index is 3.04. The van der Waals surface area contributed by atoms with Crippen molar-refractivity contribution in [2.45, 2.75) is 20.0 Å². The van der Waals surface area contributed by atoms with Crippen LogP contribution in [0.3, 0.4) is 0 Å². The molecule has 0 aromatic rings. The Morgan fingerprint density at radius 3 is 1.67 bits per heavy atom. The van der Waals surface area contributed by atoms with E-state index in [1.807, 2.05) is 21.6 Å². The Kier molecular flexibility index (Phi) is 11.6. The molecule has 0 aliphatic carbocycles. The van der Waals surface area contributed by atoms with Gasteiger partial charge in [-0.2, -0.15) is 0 Å². The molecular weight excluding hydrogens is 228 g/mol. The predicted octanol–water partition coefficient (Wildman–Crippen LogP) is 3.15. The molecule has 1 nitrogen and oxygen atoms in total. The normalized spacial score (nSPS) is 11.0. The highest BCUT2D eigenvalue weighted by Gasteiger charge is 2.03. The van der Waals surface area contributed by atoms with E-state index >= 15 is 0 Å². The van der Waals surface area contributed by atoms with Crippen LogP contribution in [0.15, 0.2) is 0 Å². The molecule has 0 unspecified atom stereocenters. The molecule has 0 atom stereocenters. The van der Waals surface area contributed by atoms with Crippen molar-refractivity contribution in [1.29, 1.82) is 0 Å². The third-order valence-electron chi connectivity index (χ3n) is 0.923. The van der Waals surface area contributed by atoms with E-state index in [2.05, 4.69) is 13.8 Å². The number of hydrogen-bond donors (Lipinski definition) is 1. The van der Waals surface area contributed by atoms with Gasteiger partial charge in [-0.15, -0.1) is 0 Å². The quantitative estimate of drug-likeness (QED) is 0.521. The summed E-state index contributed by atoms with van der Waals surface area (Å²) in [6.07, 6.45) is -0.141. The molecule has 5 heteroatoms. The highest BCUT2D eigenvalue weighted by atomic mass is 33.1. The molecule has 0 aliphatic rings. The zero-order chi connectivity index (χ0) is 9.23. The molecule has 0 spiro atoms. The largest absolute Gasteiger partial charge is 0.391 e. The van der Waals surface area contributed by atoms with Gasteiger partial charge in [0.05, 0.1) is 6.10 Å². The first kappa shape index (κ1) is 13.4. The molecule has 0 radical (unpaired) electrons. The molecular formula is C7H16OS4. The lowest BCUT2D eigenvalue weighted by Crippen LogP contribution is -2.11. The molecule has 0 aromatic heterocycles. The lowest BCUT2D eigenvalue weighted by atomic mass is 10.5. The minimum atomic E-state index is -0.141. The molecule has 0 heterocycles. The van der Waals surface area contributed by atoms with Crippen LogP contribution in [0.25, 0.3) is 0 Å². The van der Waals surface area contributed by atoms with Crippen LogP contribution < -0.4 is 0 Å². The van der Waals surface area contributed by atoms with Gasteiger partial charge in [-0.3, -0.25) is 0 Å². The monoisotopic (exact) mass is 244 g/mol. The first-order valence-electron chi connectivity index (χ1n) is 3.98. The van der Waals surface area contributed by atoms with Crippen molar-refractivity contribution in [3.05, 3.63) is 0 Å². The number of hydrogen-bond acceptors (Lipinski definition) is 5. The standard InChI is InChI=1S/C7H16OS4/c1-3-9-11-5-7(8)6-12-10-4-2/h7-8H,3-6H2,1-2H3. The molecule has 1 N–H and O–H groups in total. The summed E-state index contributed by atoms with van der Waals surface area (Å²) in [4.78, 5) is 0. The lowest BCUT2D eigenvalue weighted by Gasteiger charge is -2.07. The van der Waals surface area contributed by atoms with Gasteiger partial charge in [0.2, 0.25) is 0 Å². The van der Waals surface area contributed by atoms with Gasteiger partial charge in [0.25, 0.3) is 0 Å². The number of aliphatic hydroxyl groups is 1. The van der Waals surface area contributed by atoms with Gasteiger partial charge in [0.1, 0.15) is 0 Å². The summed E-state index contributed by atoms with van der Waals surface area (Å²) in [5.74, 6) is 3.95. The summed E-state index contributed by atoms with van der Waals surface area (Å²) in [6.45, 7) is 4.26. The van der Waals surface area contributed by atoms with E-state index in [1.165, 1.54) is 0 Å². The fourth-order valence-electron chi connectivity index (χ4n) is 0.468. The number of aliphatic hydroxyl groups excluding tert-OH is 1. The molecule has 0 rings (SSSR count). The minimum Gasteiger partial charge on any atom is -0.391 e. The van der Waals surface area contributed by atoms with Crippen LogP contribution in [-0.2, 0) is 0 Å². The molecule has 0 aromatic carbocycles. The molecule has 0 saturated heterocycles. The second kappa shape index (κ2) is 10.4. The average Bonchev–Trinajstić information content (AvgIpc) is 2.06. The molecule has 0 bridgehead atoms. The van der Waals surface area contributed by atoms with Gasteiger partial charge in [-0.1, -0.05) is 57.0 Å². The van der Waals surface area contributed by atoms with Crippen LogP contribution in [0.4, 0.5) is 0 Å². The zero-order valence-corrected chi connectivity index (χ0v) is 10.8. The van der Waals surface area contributed by atoms with E-state index in [9.17, 15) is 5.11 Å². The highest BCUT2D eigenvalue weighted by Crippen LogP contribution is 2.25. The van der Waals surface area contributed by atoms with Crippen molar-refractivity contribution in [3.8, 4) is 0 Å². The average molecular weight is 244 g/mol. The second-order valence-corrected chi connectivity index (χ2v) is 7.63. The predicted molar refractivity (Wildman–Crippen MR) is 67.2 cm³/mol. The van der Waals surface area contributed by atoms with Crippen molar-refractivity contribution in [2.75, 3.05) is 23.0 Å². The van der Waals surface area contributed by atoms with E-state index < -0.39 is 0 Å². The van der Waals surface area contributed by atoms with E-state index in [1.54, 1.807) is 21.6 Å². The van der Waals surface area contributed by atoms with Crippen molar-refractivity contribution in [2.24, 2.45) is 0 Å². The summed E-state index contributed by atoms with van der Waals surface area (Å²) in [7, 11) is 7.16. The van der Waals surface area contributed by atoms with Gasteiger partial charge in [0.15, 0.2) is 0 Å². The Morgan fingerprint density at radius 2 is 1.33 bits per heavy atom. The Labute approximate surface area is 91.0 Å². The summed E-state index contributed by atoms with van der Waals surface area (Å²) >= 11 is 0. The van der Waals surface area contributed by atoms with E-state index in [-0.39, 0.29) is 6.10 Å². The zero-order valence-electron chi connectivity index (χ0n) is 7.49. The first-order chi connectivity index (χ1) is 5.81. The van der Waals surface area contributed by atoms with Gasteiger partial charge in [-0.25, -0.2) is 0 Å². The van der Waals surface area contributed by atoms with Crippen LogP contribution in [0.5, 0.6) is 0 Å². The minimum absolute atomic E-state index is 0.141. The van der Waals surface area contributed by atoms with Crippen LogP contribution in [-0.4, -0.2) is 34.2 Å². The van der Waals surface area contributed by atoms with Gasteiger partial charge < -0.3 is 5.11 Å². The SMILES string of the molecule is CCSSCC(O)CSSCC. The summed E-state index contributed by atoms with van der Waals surface area (Å²) in [6, 6.07) is 0. The third kappa shape index (κ3) is 9.45. The number of rotatable bonds is 8. The van der Waals surface area contributed by atoms with Crippen molar-refractivity contribution in [1.82, 2.24) is 0 Å². The van der Waals surface area contributed by atoms with E-state index in [0.29, 0.717) is 0 Å². The van der Waals surface area contributed by atoms with Gasteiger partial charge in [0, 0.05) is 23.0 Å². The molecule has 0 saturated carbocycles. The Bertz CT molecular complexity index is 81.5. The van der Waals surface area contributed by atoms with Gasteiger partial charge >= 0.3 is 0 Å². The first-order valence-corrected chi connectivity index (χ1v) is 8.95. The van der Waals surface area contributed by atoms with Crippen LogP contribution in [0, 0.1) is 0 Å². The fourth-order valence-corrected chi connectivity index (χ4v) is 4.21. The highest BCUT2D eigenvalue weighted by molar-refractivity contribution is 8.77. The van der Waals surface area contributed by atoms with Crippen molar-refractivity contribution >= 4 is 43.2 Å². The maximum Gasteiger partial charge on any atom is 0.0737 e.